The summed E-state index contributed by atoms with van der Waals surface area (Å²) in [7, 11) is 0. The maximum atomic E-state index is 11.4. The van der Waals surface area contributed by atoms with Crippen molar-refractivity contribution in [1.29, 1.82) is 0 Å². The van der Waals surface area contributed by atoms with Gasteiger partial charge in [-0.05, 0) is 46.9 Å². The summed E-state index contributed by atoms with van der Waals surface area (Å²) in [6, 6.07) is 11.1. The zero-order valence-corrected chi connectivity index (χ0v) is 12.0. The maximum Gasteiger partial charge on any atom is 0.417 e. The van der Waals surface area contributed by atoms with Gasteiger partial charge in [-0.15, -0.1) is 0 Å². The number of ether oxygens (including phenoxy) is 1. The minimum atomic E-state index is -0.988. The molecule has 3 aromatic rings. The summed E-state index contributed by atoms with van der Waals surface area (Å²) in [5.41, 5.74) is 4.50. The highest BCUT2D eigenvalue weighted by Gasteiger charge is 2.27. The molecule has 0 bridgehead atoms. The fraction of sp³-hybridized carbons (Fsp3) is 0.176. The fourth-order valence-corrected chi connectivity index (χ4v) is 2.96. The van der Waals surface area contributed by atoms with Crippen LogP contribution in [0.2, 0.25) is 0 Å². The molecule has 0 saturated carbocycles. The third-order valence-electron chi connectivity index (χ3n) is 4.06. The predicted molar refractivity (Wildman–Crippen MR) is 82.3 cm³/mol. The average Bonchev–Trinajstić information content (AvgIpc) is 2.92. The number of carbonyl (C=O) groups is 1. The number of fused-ring (bicyclic) bond motifs is 2. The van der Waals surface area contributed by atoms with E-state index >= 15 is 0 Å². The molecular weight excluding hydrogens is 298 g/mol. The quantitative estimate of drug-likeness (QED) is 0.758. The number of benzene rings is 2. The number of carboxylic acids is 1. The first-order valence-corrected chi connectivity index (χ1v) is 7.22. The Kier molecular flexibility index (Phi) is 3.06. The van der Waals surface area contributed by atoms with Gasteiger partial charge in [-0.25, -0.2) is 9.59 Å². The minimum absolute atomic E-state index is 0.408. The van der Waals surface area contributed by atoms with Gasteiger partial charge in [-0.2, -0.15) is 0 Å². The lowest BCUT2D eigenvalue weighted by Gasteiger charge is -2.23. The molecule has 2 aromatic carbocycles. The lowest BCUT2D eigenvalue weighted by Crippen LogP contribution is -2.23. The van der Waals surface area contributed by atoms with E-state index in [1.165, 1.54) is 0 Å². The van der Waals surface area contributed by atoms with E-state index in [0.29, 0.717) is 29.7 Å². The van der Waals surface area contributed by atoms with Crippen LogP contribution in [0.25, 0.3) is 22.2 Å². The summed E-state index contributed by atoms with van der Waals surface area (Å²) >= 11 is 0. The molecule has 0 radical (unpaired) electrons. The number of hydrogen-bond acceptors (Lipinski definition) is 4. The van der Waals surface area contributed by atoms with Gasteiger partial charge in [-0.1, -0.05) is 18.2 Å². The molecule has 2 N–H and O–H groups in total. The van der Waals surface area contributed by atoms with Crippen molar-refractivity contribution in [2.24, 2.45) is 0 Å². The Balaban J connectivity index is 1.83. The number of rotatable bonds is 2. The third-order valence-corrected chi connectivity index (χ3v) is 4.06. The van der Waals surface area contributed by atoms with Crippen molar-refractivity contribution in [3.63, 3.8) is 0 Å². The molecule has 0 spiro atoms. The first-order valence-electron chi connectivity index (χ1n) is 7.22. The number of hydrogen-bond donors (Lipinski definition) is 2. The van der Waals surface area contributed by atoms with Crippen LogP contribution in [0.15, 0.2) is 45.6 Å². The molecule has 0 aliphatic carbocycles. The second kappa shape index (κ2) is 5.10. The molecule has 1 aliphatic heterocycles. The van der Waals surface area contributed by atoms with Crippen molar-refractivity contribution in [2.75, 3.05) is 6.61 Å². The molecule has 23 heavy (non-hydrogen) atoms. The van der Waals surface area contributed by atoms with Crippen molar-refractivity contribution >= 4 is 17.1 Å². The highest BCUT2D eigenvalue weighted by molar-refractivity contribution is 5.81. The zero-order valence-electron chi connectivity index (χ0n) is 12.0. The van der Waals surface area contributed by atoms with Crippen LogP contribution in [0, 0.1) is 0 Å². The number of aliphatic carboxylic acids is 1. The Morgan fingerprint density at radius 1 is 1.17 bits per heavy atom. The summed E-state index contributed by atoms with van der Waals surface area (Å²) < 4.78 is 10.4. The standard InChI is InChI=1S/C17H13NO5/c19-16(20)15-12-7-10(2-1-9(12)5-6-22-15)11-3-4-14-13(8-11)18-17(21)23-14/h1-4,7-8,15H,5-6H2,(H,18,21)(H,19,20). The van der Waals surface area contributed by atoms with E-state index in [1.807, 2.05) is 24.3 Å². The predicted octanol–water partition coefficient (Wildman–Crippen LogP) is 2.49. The largest absolute Gasteiger partial charge is 0.479 e. The molecule has 0 saturated heterocycles. The second-order valence-electron chi connectivity index (χ2n) is 5.48. The average molecular weight is 311 g/mol. The Morgan fingerprint density at radius 3 is 2.78 bits per heavy atom. The van der Waals surface area contributed by atoms with Crippen LogP contribution < -0.4 is 5.76 Å². The molecular formula is C17H13NO5. The van der Waals surface area contributed by atoms with Crippen molar-refractivity contribution in [1.82, 2.24) is 4.98 Å². The Bertz CT molecular complexity index is 969. The van der Waals surface area contributed by atoms with Gasteiger partial charge in [0, 0.05) is 0 Å². The van der Waals surface area contributed by atoms with Gasteiger partial charge >= 0.3 is 11.7 Å². The van der Waals surface area contributed by atoms with E-state index in [9.17, 15) is 14.7 Å². The first-order chi connectivity index (χ1) is 11.1. The van der Waals surface area contributed by atoms with E-state index in [2.05, 4.69) is 4.98 Å². The fourth-order valence-electron chi connectivity index (χ4n) is 2.96. The van der Waals surface area contributed by atoms with E-state index in [-0.39, 0.29) is 0 Å². The minimum Gasteiger partial charge on any atom is -0.479 e. The van der Waals surface area contributed by atoms with Crippen LogP contribution in [0.1, 0.15) is 17.2 Å². The molecule has 1 aromatic heterocycles. The third kappa shape index (κ3) is 2.33. The number of H-pyrrole nitrogens is 1. The summed E-state index contributed by atoms with van der Waals surface area (Å²) in [5, 5.41) is 9.31. The normalized spacial score (nSPS) is 17.1. The monoisotopic (exact) mass is 311 g/mol. The molecule has 0 fully saturated rings. The summed E-state index contributed by atoms with van der Waals surface area (Å²) in [5.74, 6) is -1.49. The number of aromatic amines is 1. The van der Waals surface area contributed by atoms with Crippen molar-refractivity contribution in [3.8, 4) is 11.1 Å². The van der Waals surface area contributed by atoms with Crippen LogP contribution in [-0.4, -0.2) is 22.7 Å². The summed E-state index contributed by atoms with van der Waals surface area (Å²) in [6.45, 7) is 0.408. The van der Waals surface area contributed by atoms with Crippen molar-refractivity contribution in [3.05, 3.63) is 58.1 Å². The van der Waals surface area contributed by atoms with Gasteiger partial charge in [0.25, 0.3) is 0 Å². The van der Waals surface area contributed by atoms with Crippen LogP contribution in [-0.2, 0) is 16.0 Å². The lowest BCUT2D eigenvalue weighted by atomic mass is 9.93. The zero-order chi connectivity index (χ0) is 16.0. The van der Waals surface area contributed by atoms with E-state index in [1.54, 1.807) is 12.1 Å². The molecule has 4 rings (SSSR count). The van der Waals surface area contributed by atoms with Crippen LogP contribution in [0.4, 0.5) is 0 Å². The number of carboxylic acid groups (broad SMARTS) is 1. The van der Waals surface area contributed by atoms with Crippen molar-refractivity contribution in [2.45, 2.75) is 12.5 Å². The Morgan fingerprint density at radius 2 is 1.96 bits per heavy atom. The van der Waals surface area contributed by atoms with Crippen LogP contribution in [0.5, 0.6) is 0 Å². The SMILES string of the molecule is O=C(O)C1OCCc2ccc(-c3ccc4oc(=O)[nH]c4c3)cc21. The van der Waals surface area contributed by atoms with Gasteiger partial charge in [0.2, 0.25) is 0 Å². The first kappa shape index (κ1) is 13.8. The molecule has 2 heterocycles. The summed E-state index contributed by atoms with van der Waals surface area (Å²) in [4.78, 5) is 25.2. The highest BCUT2D eigenvalue weighted by atomic mass is 16.5. The topological polar surface area (TPSA) is 92.5 Å². The lowest BCUT2D eigenvalue weighted by molar-refractivity contribution is -0.151. The molecule has 116 valence electrons. The van der Waals surface area contributed by atoms with Gasteiger partial charge in [0.15, 0.2) is 11.7 Å². The number of nitrogens with one attached hydrogen (secondary N) is 1. The molecule has 1 atom stereocenters. The Hall–Kier alpha value is -2.86. The van der Waals surface area contributed by atoms with Gasteiger partial charge in [-0.3, -0.25) is 4.98 Å². The molecule has 1 unspecified atom stereocenters. The van der Waals surface area contributed by atoms with E-state index in [4.69, 9.17) is 9.15 Å². The van der Waals surface area contributed by atoms with E-state index in [0.717, 1.165) is 16.7 Å². The number of oxazole rings is 1. The van der Waals surface area contributed by atoms with Gasteiger partial charge < -0.3 is 14.3 Å². The highest BCUT2D eigenvalue weighted by Crippen LogP contribution is 2.32. The molecule has 1 aliphatic rings. The molecule has 6 heteroatoms. The molecule has 6 nitrogen and oxygen atoms in total. The van der Waals surface area contributed by atoms with Gasteiger partial charge in [0.1, 0.15) is 0 Å². The second-order valence-corrected chi connectivity index (χ2v) is 5.48. The number of aromatic nitrogens is 1. The Labute approximate surface area is 130 Å². The maximum absolute atomic E-state index is 11.4. The summed E-state index contributed by atoms with van der Waals surface area (Å²) in [6.07, 6.45) is -0.232. The van der Waals surface area contributed by atoms with Gasteiger partial charge in [0.05, 0.1) is 12.1 Å². The van der Waals surface area contributed by atoms with E-state index < -0.39 is 17.8 Å². The van der Waals surface area contributed by atoms with Crippen LogP contribution in [0.3, 0.4) is 0 Å². The molecule has 0 amide bonds. The van der Waals surface area contributed by atoms with Crippen LogP contribution >= 0.6 is 0 Å². The van der Waals surface area contributed by atoms with Crippen molar-refractivity contribution < 1.29 is 19.1 Å². The smallest absolute Gasteiger partial charge is 0.417 e.